The van der Waals surface area contributed by atoms with Crippen molar-refractivity contribution in [3.8, 4) is 17.2 Å². The summed E-state index contributed by atoms with van der Waals surface area (Å²) in [6.45, 7) is 3.74. The Hall–Kier alpha value is -2.36. The molecule has 1 N–H and O–H groups in total. The Morgan fingerprint density at radius 2 is 1.54 bits per heavy atom. The molecule has 142 valence electrons. The van der Waals surface area contributed by atoms with Gasteiger partial charge in [-0.1, -0.05) is 44.7 Å². The number of nitrogens with one attached hydrogen (secondary N) is 1. The number of benzene rings is 2. The van der Waals surface area contributed by atoms with Crippen LogP contribution in [-0.2, 0) is 6.54 Å². The van der Waals surface area contributed by atoms with Crippen LogP contribution in [0, 0.1) is 0 Å². The first kappa shape index (κ1) is 20.0. The fraction of sp³-hybridized carbons (Fsp3) is 0.455. The highest BCUT2D eigenvalue weighted by Crippen LogP contribution is 2.29. The molecule has 0 aliphatic rings. The van der Waals surface area contributed by atoms with Crippen LogP contribution in [0.15, 0.2) is 42.5 Å². The van der Waals surface area contributed by atoms with Gasteiger partial charge in [0.1, 0.15) is 17.2 Å². The van der Waals surface area contributed by atoms with Crippen molar-refractivity contribution in [3.05, 3.63) is 48.0 Å². The van der Waals surface area contributed by atoms with Gasteiger partial charge in [-0.25, -0.2) is 0 Å². The van der Waals surface area contributed by atoms with E-state index in [4.69, 9.17) is 14.2 Å². The van der Waals surface area contributed by atoms with Crippen LogP contribution in [0.5, 0.6) is 17.2 Å². The first-order valence-corrected chi connectivity index (χ1v) is 9.44. The highest BCUT2D eigenvalue weighted by Gasteiger charge is 2.05. The second kappa shape index (κ2) is 11.3. The van der Waals surface area contributed by atoms with Gasteiger partial charge < -0.3 is 19.5 Å². The summed E-state index contributed by atoms with van der Waals surface area (Å²) in [7, 11) is 3.33. The zero-order chi connectivity index (χ0) is 18.6. The minimum atomic E-state index is 0.709. The van der Waals surface area contributed by atoms with E-state index >= 15 is 0 Å². The SMILES string of the molecule is CCCCCCCOc1ccc(CNc2cc(OC)ccc2OC)cc1. The van der Waals surface area contributed by atoms with Crippen LogP contribution < -0.4 is 19.5 Å². The van der Waals surface area contributed by atoms with E-state index in [1.54, 1.807) is 14.2 Å². The van der Waals surface area contributed by atoms with E-state index in [0.717, 1.165) is 36.0 Å². The minimum absolute atomic E-state index is 0.709. The van der Waals surface area contributed by atoms with Crippen molar-refractivity contribution in [1.29, 1.82) is 0 Å². The molecule has 4 nitrogen and oxygen atoms in total. The van der Waals surface area contributed by atoms with Crippen molar-refractivity contribution < 1.29 is 14.2 Å². The van der Waals surface area contributed by atoms with Crippen LogP contribution in [0.4, 0.5) is 5.69 Å². The van der Waals surface area contributed by atoms with Gasteiger partial charge in [0.05, 0.1) is 26.5 Å². The first-order chi connectivity index (χ1) is 12.8. The minimum Gasteiger partial charge on any atom is -0.497 e. The Bertz CT molecular complexity index is 640. The topological polar surface area (TPSA) is 39.7 Å². The van der Waals surface area contributed by atoms with Gasteiger partial charge in [-0.2, -0.15) is 0 Å². The second-order valence-electron chi connectivity index (χ2n) is 6.33. The molecular formula is C22H31NO3. The van der Waals surface area contributed by atoms with Crippen LogP contribution in [0.1, 0.15) is 44.6 Å². The van der Waals surface area contributed by atoms with Crippen LogP contribution >= 0.6 is 0 Å². The van der Waals surface area contributed by atoms with Crippen molar-refractivity contribution in [2.24, 2.45) is 0 Å². The third-order valence-corrected chi connectivity index (χ3v) is 4.33. The number of anilines is 1. The average Bonchev–Trinajstić information content (AvgIpc) is 2.69. The Morgan fingerprint density at radius 3 is 2.23 bits per heavy atom. The summed E-state index contributed by atoms with van der Waals surface area (Å²) in [5, 5.41) is 3.40. The fourth-order valence-corrected chi connectivity index (χ4v) is 2.75. The highest BCUT2D eigenvalue weighted by atomic mass is 16.5. The van der Waals surface area contributed by atoms with Crippen molar-refractivity contribution in [1.82, 2.24) is 0 Å². The van der Waals surface area contributed by atoms with E-state index in [1.807, 2.05) is 30.3 Å². The van der Waals surface area contributed by atoms with Gasteiger partial charge in [0, 0.05) is 12.6 Å². The lowest BCUT2D eigenvalue weighted by Gasteiger charge is -2.13. The highest BCUT2D eigenvalue weighted by molar-refractivity contribution is 5.60. The maximum Gasteiger partial charge on any atom is 0.142 e. The van der Waals surface area contributed by atoms with Crippen LogP contribution in [0.2, 0.25) is 0 Å². The molecule has 0 unspecified atom stereocenters. The average molecular weight is 357 g/mol. The predicted molar refractivity (Wildman–Crippen MR) is 108 cm³/mol. The zero-order valence-electron chi connectivity index (χ0n) is 16.2. The molecule has 0 atom stereocenters. The molecule has 0 fully saturated rings. The number of unbranched alkanes of at least 4 members (excludes halogenated alkanes) is 4. The van der Waals surface area contributed by atoms with Gasteiger partial charge in [-0.3, -0.25) is 0 Å². The molecule has 0 saturated carbocycles. The molecule has 0 aliphatic heterocycles. The lowest BCUT2D eigenvalue weighted by atomic mass is 10.2. The quantitative estimate of drug-likeness (QED) is 0.497. The van der Waals surface area contributed by atoms with Crippen molar-refractivity contribution >= 4 is 5.69 Å². The summed E-state index contributed by atoms with van der Waals surface area (Å²) in [4.78, 5) is 0. The van der Waals surface area contributed by atoms with Gasteiger partial charge >= 0.3 is 0 Å². The summed E-state index contributed by atoms with van der Waals surface area (Å²) < 4.78 is 16.5. The number of ether oxygens (including phenoxy) is 3. The van der Waals surface area contributed by atoms with E-state index in [0.29, 0.717) is 6.54 Å². The number of hydrogen-bond donors (Lipinski definition) is 1. The maximum atomic E-state index is 5.81. The van der Waals surface area contributed by atoms with Gasteiger partial charge in [-0.05, 0) is 36.2 Å². The van der Waals surface area contributed by atoms with Crippen molar-refractivity contribution in [3.63, 3.8) is 0 Å². The molecule has 4 heteroatoms. The summed E-state index contributed by atoms with van der Waals surface area (Å²) in [5.74, 6) is 2.54. The normalized spacial score (nSPS) is 10.4. The second-order valence-corrected chi connectivity index (χ2v) is 6.33. The van der Waals surface area contributed by atoms with Crippen LogP contribution in [-0.4, -0.2) is 20.8 Å². The molecule has 0 bridgehead atoms. The van der Waals surface area contributed by atoms with Crippen LogP contribution in [0.25, 0.3) is 0 Å². The molecule has 0 aromatic heterocycles. The molecule has 0 aliphatic carbocycles. The predicted octanol–water partition coefficient (Wildman–Crippen LogP) is 5.67. The smallest absolute Gasteiger partial charge is 0.142 e. The monoisotopic (exact) mass is 357 g/mol. The summed E-state index contributed by atoms with van der Waals surface area (Å²) in [6, 6.07) is 14.0. The van der Waals surface area contributed by atoms with Gasteiger partial charge in [-0.15, -0.1) is 0 Å². The molecule has 0 spiro atoms. The number of rotatable bonds is 12. The lowest BCUT2D eigenvalue weighted by molar-refractivity contribution is 0.304. The largest absolute Gasteiger partial charge is 0.497 e. The summed E-state index contributed by atoms with van der Waals surface area (Å²) in [6.07, 6.45) is 6.27. The van der Waals surface area contributed by atoms with E-state index in [9.17, 15) is 0 Å². The molecule has 0 radical (unpaired) electrons. The fourth-order valence-electron chi connectivity index (χ4n) is 2.75. The summed E-state index contributed by atoms with van der Waals surface area (Å²) >= 11 is 0. The third kappa shape index (κ3) is 6.51. The lowest BCUT2D eigenvalue weighted by Crippen LogP contribution is -2.02. The summed E-state index contributed by atoms with van der Waals surface area (Å²) in [5.41, 5.74) is 2.10. The van der Waals surface area contributed by atoms with Gasteiger partial charge in [0.25, 0.3) is 0 Å². The van der Waals surface area contributed by atoms with Crippen LogP contribution in [0.3, 0.4) is 0 Å². The third-order valence-electron chi connectivity index (χ3n) is 4.33. The molecule has 26 heavy (non-hydrogen) atoms. The standard InChI is InChI=1S/C22H31NO3/c1-4-5-6-7-8-15-26-19-11-9-18(10-12-19)17-23-21-16-20(24-2)13-14-22(21)25-3/h9-14,16,23H,4-8,15,17H2,1-3H3. The Kier molecular flexibility index (Phi) is 8.67. The van der Waals surface area contributed by atoms with Gasteiger partial charge in [0.15, 0.2) is 0 Å². The Labute approximate surface area is 157 Å². The molecule has 2 rings (SSSR count). The maximum absolute atomic E-state index is 5.81. The van der Waals surface area contributed by atoms with Gasteiger partial charge in [0.2, 0.25) is 0 Å². The molecule has 2 aromatic rings. The first-order valence-electron chi connectivity index (χ1n) is 9.44. The zero-order valence-corrected chi connectivity index (χ0v) is 16.2. The molecule has 0 heterocycles. The molecule has 0 amide bonds. The van der Waals surface area contributed by atoms with Crippen molar-refractivity contribution in [2.75, 3.05) is 26.1 Å². The molecular weight excluding hydrogens is 326 g/mol. The Morgan fingerprint density at radius 1 is 0.808 bits per heavy atom. The number of methoxy groups -OCH3 is 2. The molecule has 0 saturated heterocycles. The Balaban J connectivity index is 1.80. The van der Waals surface area contributed by atoms with Crippen molar-refractivity contribution in [2.45, 2.75) is 45.6 Å². The van der Waals surface area contributed by atoms with E-state index in [-0.39, 0.29) is 0 Å². The van der Waals surface area contributed by atoms with E-state index < -0.39 is 0 Å². The number of hydrogen-bond acceptors (Lipinski definition) is 4. The molecule has 2 aromatic carbocycles. The van der Waals surface area contributed by atoms with E-state index in [1.165, 1.54) is 31.2 Å². The van der Waals surface area contributed by atoms with E-state index in [2.05, 4.69) is 24.4 Å².